The molecule has 0 N–H and O–H groups in total. The van der Waals surface area contributed by atoms with Gasteiger partial charge in [0.1, 0.15) is 0 Å². The molecule has 0 saturated heterocycles. The molecule has 0 saturated carbocycles. The summed E-state index contributed by atoms with van der Waals surface area (Å²) >= 11 is 0. The van der Waals surface area contributed by atoms with Crippen molar-refractivity contribution in [2.45, 2.75) is 46.2 Å². The normalized spacial score (nSPS) is 13.6. The van der Waals surface area contributed by atoms with E-state index < -0.39 is 0 Å². The van der Waals surface area contributed by atoms with Crippen LogP contribution in [0.4, 0.5) is 0 Å². The lowest BCUT2D eigenvalue weighted by molar-refractivity contribution is 0.243. The summed E-state index contributed by atoms with van der Waals surface area (Å²) in [6.07, 6.45) is 4.44. The molecule has 3 rings (SSSR count). The van der Waals surface area contributed by atoms with E-state index in [0.29, 0.717) is 11.8 Å². The first-order chi connectivity index (χ1) is 14.9. The maximum atomic E-state index is 5.89. The highest BCUT2D eigenvalue weighted by Crippen LogP contribution is 2.33. The minimum Gasteiger partial charge on any atom is -0.493 e. The minimum absolute atomic E-state index is 0.477. The average Bonchev–Trinajstić information content (AvgIpc) is 2.76. The van der Waals surface area contributed by atoms with Gasteiger partial charge in [-0.15, -0.1) is 0 Å². The van der Waals surface area contributed by atoms with Crippen LogP contribution in [0.5, 0.6) is 17.4 Å². The third kappa shape index (κ3) is 6.11. The van der Waals surface area contributed by atoms with Gasteiger partial charge < -0.3 is 14.2 Å². The van der Waals surface area contributed by atoms with Crippen molar-refractivity contribution in [2.24, 2.45) is 5.92 Å². The van der Waals surface area contributed by atoms with E-state index in [-0.39, 0.29) is 0 Å². The number of rotatable bonds is 10. The standard InChI is InChI=1S/C26H34N2O3/c1-18(2)19(3)7-8-20(4)31-26-13-21(9-11-27-26)16-28-12-10-22-14-24(29-5)25(30-6)15-23(22)17-28/h9,11,13-15,18H,3-4,7-8,10,12,16-17H2,1-2,5-6H3. The van der Waals surface area contributed by atoms with Crippen molar-refractivity contribution in [1.29, 1.82) is 0 Å². The Morgan fingerprint density at radius 2 is 1.77 bits per heavy atom. The van der Waals surface area contributed by atoms with Crippen LogP contribution < -0.4 is 14.2 Å². The van der Waals surface area contributed by atoms with Gasteiger partial charge in [-0.25, -0.2) is 4.98 Å². The molecule has 2 aromatic rings. The highest BCUT2D eigenvalue weighted by atomic mass is 16.5. The Kier molecular flexibility index (Phi) is 7.75. The number of hydrogen-bond acceptors (Lipinski definition) is 5. The molecule has 0 bridgehead atoms. The summed E-state index contributed by atoms with van der Waals surface area (Å²) in [6.45, 7) is 15.2. The van der Waals surface area contributed by atoms with Crippen LogP contribution in [0.1, 0.15) is 43.4 Å². The molecule has 0 atom stereocenters. The van der Waals surface area contributed by atoms with Crippen molar-refractivity contribution in [3.8, 4) is 17.4 Å². The summed E-state index contributed by atoms with van der Waals surface area (Å²) in [4.78, 5) is 6.78. The third-order valence-electron chi connectivity index (χ3n) is 5.79. The van der Waals surface area contributed by atoms with Gasteiger partial charge in [-0.1, -0.05) is 32.6 Å². The van der Waals surface area contributed by atoms with Gasteiger partial charge in [0.15, 0.2) is 11.5 Å². The van der Waals surface area contributed by atoms with Crippen LogP contribution in [-0.4, -0.2) is 30.6 Å². The zero-order valence-corrected chi connectivity index (χ0v) is 19.2. The Bertz CT molecular complexity index is 936. The molecule has 0 unspecified atom stereocenters. The first kappa shape index (κ1) is 22.9. The van der Waals surface area contributed by atoms with Gasteiger partial charge in [0, 0.05) is 38.3 Å². The van der Waals surface area contributed by atoms with Crippen molar-refractivity contribution in [3.63, 3.8) is 0 Å². The van der Waals surface area contributed by atoms with Crippen LogP contribution in [-0.2, 0) is 19.5 Å². The van der Waals surface area contributed by atoms with E-state index in [9.17, 15) is 0 Å². The van der Waals surface area contributed by atoms with Gasteiger partial charge in [0.2, 0.25) is 5.88 Å². The minimum atomic E-state index is 0.477. The molecule has 5 heteroatoms. The molecule has 1 aromatic heterocycles. The smallest absolute Gasteiger partial charge is 0.218 e. The van der Waals surface area contributed by atoms with E-state index in [0.717, 1.165) is 56.2 Å². The molecule has 0 spiro atoms. The predicted octanol–water partition coefficient (Wildman–Crippen LogP) is 5.54. The maximum absolute atomic E-state index is 5.89. The van der Waals surface area contributed by atoms with Crippen LogP contribution in [0.3, 0.4) is 0 Å². The van der Waals surface area contributed by atoms with Crippen LogP contribution in [0.2, 0.25) is 0 Å². The topological polar surface area (TPSA) is 43.8 Å². The van der Waals surface area contributed by atoms with E-state index in [2.05, 4.69) is 49.0 Å². The molecule has 1 aromatic carbocycles. The van der Waals surface area contributed by atoms with Crippen molar-refractivity contribution < 1.29 is 14.2 Å². The van der Waals surface area contributed by atoms with Crippen molar-refractivity contribution in [3.05, 3.63) is 71.6 Å². The monoisotopic (exact) mass is 422 g/mol. The fourth-order valence-electron chi connectivity index (χ4n) is 3.73. The third-order valence-corrected chi connectivity index (χ3v) is 5.79. The number of aromatic nitrogens is 1. The lowest BCUT2D eigenvalue weighted by atomic mass is 9.98. The lowest BCUT2D eigenvalue weighted by Gasteiger charge is -2.29. The van der Waals surface area contributed by atoms with E-state index in [1.807, 2.05) is 12.1 Å². The lowest BCUT2D eigenvalue weighted by Crippen LogP contribution is -2.30. The van der Waals surface area contributed by atoms with E-state index in [4.69, 9.17) is 14.2 Å². The highest BCUT2D eigenvalue weighted by Gasteiger charge is 2.20. The summed E-state index contributed by atoms with van der Waals surface area (Å²) in [6, 6.07) is 8.24. The fourth-order valence-corrected chi connectivity index (χ4v) is 3.73. The van der Waals surface area contributed by atoms with Gasteiger partial charge >= 0.3 is 0 Å². The Balaban J connectivity index is 1.60. The molecule has 0 radical (unpaired) electrons. The number of pyridine rings is 1. The Morgan fingerprint density at radius 3 is 2.45 bits per heavy atom. The number of fused-ring (bicyclic) bond motifs is 1. The number of nitrogens with zero attached hydrogens (tertiary/aromatic N) is 2. The van der Waals surface area contributed by atoms with Gasteiger partial charge in [-0.2, -0.15) is 0 Å². The number of benzene rings is 1. The highest BCUT2D eigenvalue weighted by molar-refractivity contribution is 5.48. The Hall–Kier alpha value is -2.79. The summed E-state index contributed by atoms with van der Waals surface area (Å²) in [5, 5.41) is 0. The van der Waals surface area contributed by atoms with Gasteiger partial charge in [0.25, 0.3) is 0 Å². The van der Waals surface area contributed by atoms with E-state index in [1.165, 1.54) is 22.3 Å². The van der Waals surface area contributed by atoms with Crippen LogP contribution in [0.15, 0.2) is 55.0 Å². The van der Waals surface area contributed by atoms with Crippen molar-refractivity contribution in [1.82, 2.24) is 9.88 Å². The van der Waals surface area contributed by atoms with Gasteiger partial charge in [-0.3, -0.25) is 4.90 Å². The van der Waals surface area contributed by atoms with E-state index >= 15 is 0 Å². The maximum Gasteiger partial charge on any atom is 0.218 e. The molecule has 31 heavy (non-hydrogen) atoms. The van der Waals surface area contributed by atoms with Gasteiger partial charge in [0.05, 0.1) is 20.0 Å². The Labute approximate surface area is 186 Å². The molecule has 0 aliphatic carbocycles. The van der Waals surface area contributed by atoms with Crippen LogP contribution >= 0.6 is 0 Å². The second-order valence-electron chi connectivity index (χ2n) is 8.39. The number of ether oxygens (including phenoxy) is 3. The average molecular weight is 423 g/mol. The molecule has 166 valence electrons. The van der Waals surface area contributed by atoms with Crippen LogP contribution in [0, 0.1) is 5.92 Å². The zero-order chi connectivity index (χ0) is 22.4. The van der Waals surface area contributed by atoms with Crippen molar-refractivity contribution >= 4 is 0 Å². The molecule has 0 amide bonds. The fraction of sp³-hybridized carbons (Fsp3) is 0.423. The second kappa shape index (κ2) is 10.5. The molecule has 1 aliphatic rings. The first-order valence-corrected chi connectivity index (χ1v) is 10.8. The van der Waals surface area contributed by atoms with Gasteiger partial charge in [-0.05, 0) is 53.6 Å². The zero-order valence-electron chi connectivity index (χ0n) is 19.2. The molecule has 2 heterocycles. The van der Waals surface area contributed by atoms with Crippen molar-refractivity contribution in [2.75, 3.05) is 20.8 Å². The SMILES string of the molecule is C=C(CCC(=C)C(C)C)Oc1cc(CN2CCc3cc(OC)c(OC)cc3C2)ccn1. The quantitative estimate of drug-likeness (QED) is 0.371. The molecular weight excluding hydrogens is 388 g/mol. The second-order valence-corrected chi connectivity index (χ2v) is 8.39. The predicted molar refractivity (Wildman–Crippen MR) is 125 cm³/mol. The number of methoxy groups -OCH3 is 2. The summed E-state index contributed by atoms with van der Waals surface area (Å²) in [5.41, 5.74) is 5.00. The molecule has 0 fully saturated rings. The Morgan fingerprint density at radius 1 is 1.06 bits per heavy atom. The summed E-state index contributed by atoms with van der Waals surface area (Å²) < 4.78 is 16.8. The molecular formula is C26H34N2O3. The molecule has 5 nitrogen and oxygen atoms in total. The number of hydrogen-bond donors (Lipinski definition) is 0. The first-order valence-electron chi connectivity index (χ1n) is 10.8. The molecule has 1 aliphatic heterocycles. The largest absolute Gasteiger partial charge is 0.493 e. The summed E-state index contributed by atoms with van der Waals surface area (Å²) in [7, 11) is 3.35. The summed E-state index contributed by atoms with van der Waals surface area (Å²) in [5.74, 6) is 3.37. The van der Waals surface area contributed by atoms with Crippen LogP contribution in [0.25, 0.3) is 0 Å². The number of allylic oxidation sites excluding steroid dienone is 2. The van der Waals surface area contributed by atoms with E-state index in [1.54, 1.807) is 20.4 Å².